The molecular formula is C15H19N5O. The quantitative estimate of drug-likeness (QED) is 0.800. The summed E-state index contributed by atoms with van der Waals surface area (Å²) in [5.74, 6) is 2.64. The van der Waals surface area contributed by atoms with E-state index in [1.165, 1.54) is 0 Å². The van der Waals surface area contributed by atoms with Crippen LogP contribution in [0.1, 0.15) is 24.9 Å². The van der Waals surface area contributed by atoms with Crippen LogP contribution in [0, 0.1) is 0 Å². The SMILES string of the molecule is CCNc1cc(NC2CCOc3ccccc32)nc(N)n1. The first kappa shape index (κ1) is 13.5. The number of nitrogen functional groups attached to an aromatic ring is 1. The number of nitrogens with zero attached hydrogens (tertiary/aromatic N) is 2. The number of para-hydroxylation sites is 1. The second-order valence-electron chi connectivity index (χ2n) is 4.90. The lowest BCUT2D eigenvalue weighted by Crippen LogP contribution is -2.21. The minimum absolute atomic E-state index is 0.165. The lowest BCUT2D eigenvalue weighted by Gasteiger charge is -2.27. The molecular weight excluding hydrogens is 266 g/mol. The summed E-state index contributed by atoms with van der Waals surface area (Å²) in [6.07, 6.45) is 0.886. The van der Waals surface area contributed by atoms with Crippen molar-refractivity contribution < 1.29 is 4.74 Å². The molecule has 1 aromatic carbocycles. The Balaban J connectivity index is 1.84. The number of aromatic nitrogens is 2. The molecule has 1 aromatic heterocycles. The van der Waals surface area contributed by atoms with Crippen LogP contribution in [-0.2, 0) is 0 Å². The highest BCUT2D eigenvalue weighted by Crippen LogP contribution is 2.33. The third-order valence-corrected chi connectivity index (χ3v) is 3.38. The summed E-state index contributed by atoms with van der Waals surface area (Å²) < 4.78 is 5.67. The third-order valence-electron chi connectivity index (χ3n) is 3.38. The molecule has 3 rings (SSSR count). The maximum atomic E-state index is 5.76. The molecule has 0 saturated heterocycles. The van der Waals surface area contributed by atoms with E-state index in [1.54, 1.807) is 0 Å². The summed E-state index contributed by atoms with van der Waals surface area (Å²) >= 11 is 0. The Hall–Kier alpha value is -2.50. The lowest BCUT2D eigenvalue weighted by atomic mass is 10.0. The van der Waals surface area contributed by atoms with E-state index in [1.807, 2.05) is 31.2 Å². The van der Waals surface area contributed by atoms with Gasteiger partial charge in [-0.3, -0.25) is 0 Å². The molecule has 0 fully saturated rings. The number of anilines is 3. The second-order valence-corrected chi connectivity index (χ2v) is 4.90. The zero-order chi connectivity index (χ0) is 14.7. The number of nitrogens with two attached hydrogens (primary N) is 1. The Morgan fingerprint density at radius 1 is 1.29 bits per heavy atom. The average molecular weight is 285 g/mol. The van der Waals surface area contributed by atoms with E-state index < -0.39 is 0 Å². The van der Waals surface area contributed by atoms with Crippen molar-refractivity contribution in [1.82, 2.24) is 9.97 Å². The number of ether oxygens (including phenoxy) is 1. The van der Waals surface area contributed by atoms with Gasteiger partial charge in [-0.1, -0.05) is 18.2 Å². The van der Waals surface area contributed by atoms with Crippen LogP contribution in [0.25, 0.3) is 0 Å². The van der Waals surface area contributed by atoms with Crippen molar-refractivity contribution in [2.45, 2.75) is 19.4 Å². The summed E-state index contributed by atoms with van der Waals surface area (Å²) in [6.45, 7) is 3.49. The van der Waals surface area contributed by atoms with Crippen molar-refractivity contribution in [3.63, 3.8) is 0 Å². The van der Waals surface area contributed by atoms with E-state index in [0.717, 1.165) is 35.9 Å². The maximum absolute atomic E-state index is 5.76. The highest BCUT2D eigenvalue weighted by molar-refractivity contribution is 5.53. The van der Waals surface area contributed by atoms with Gasteiger partial charge in [0.05, 0.1) is 12.6 Å². The Bertz CT molecular complexity index is 631. The van der Waals surface area contributed by atoms with Crippen molar-refractivity contribution in [2.24, 2.45) is 0 Å². The lowest BCUT2D eigenvalue weighted by molar-refractivity contribution is 0.274. The fraction of sp³-hybridized carbons (Fsp3) is 0.333. The first-order chi connectivity index (χ1) is 10.3. The zero-order valence-corrected chi connectivity index (χ0v) is 12.0. The smallest absolute Gasteiger partial charge is 0.223 e. The number of benzene rings is 1. The monoisotopic (exact) mass is 285 g/mol. The summed E-state index contributed by atoms with van der Waals surface area (Å²) in [5, 5.41) is 6.57. The van der Waals surface area contributed by atoms with Gasteiger partial charge in [0, 0.05) is 24.6 Å². The molecule has 21 heavy (non-hydrogen) atoms. The zero-order valence-electron chi connectivity index (χ0n) is 12.0. The molecule has 0 spiro atoms. The number of hydrogen-bond acceptors (Lipinski definition) is 6. The second kappa shape index (κ2) is 5.87. The van der Waals surface area contributed by atoms with Gasteiger partial charge in [-0.2, -0.15) is 9.97 Å². The molecule has 4 N–H and O–H groups in total. The molecule has 1 atom stereocenters. The Kier molecular flexibility index (Phi) is 3.77. The fourth-order valence-electron chi connectivity index (χ4n) is 2.48. The number of rotatable bonds is 4. The Labute approximate surface area is 123 Å². The van der Waals surface area contributed by atoms with Crippen molar-refractivity contribution in [2.75, 3.05) is 29.5 Å². The van der Waals surface area contributed by atoms with Crippen molar-refractivity contribution >= 4 is 17.6 Å². The van der Waals surface area contributed by atoms with E-state index in [2.05, 4.69) is 26.7 Å². The molecule has 2 aromatic rings. The number of fused-ring (bicyclic) bond motifs is 1. The molecule has 6 heteroatoms. The Morgan fingerprint density at radius 3 is 2.95 bits per heavy atom. The first-order valence-electron chi connectivity index (χ1n) is 7.13. The van der Waals surface area contributed by atoms with Crippen LogP contribution in [0.3, 0.4) is 0 Å². The normalized spacial score (nSPS) is 16.7. The standard InChI is InChI=1S/C15H19N5O/c1-2-17-13-9-14(20-15(16)19-13)18-11-7-8-21-12-6-4-3-5-10(11)12/h3-6,9,11H,2,7-8H2,1H3,(H4,16,17,18,19,20). The number of hydrogen-bond donors (Lipinski definition) is 3. The molecule has 1 aliphatic rings. The van der Waals surface area contributed by atoms with Gasteiger partial charge in [0.15, 0.2) is 0 Å². The van der Waals surface area contributed by atoms with E-state index in [-0.39, 0.29) is 12.0 Å². The molecule has 0 amide bonds. The molecule has 0 bridgehead atoms. The van der Waals surface area contributed by atoms with E-state index in [4.69, 9.17) is 10.5 Å². The van der Waals surface area contributed by atoms with Crippen LogP contribution in [0.4, 0.5) is 17.6 Å². The summed E-state index contributed by atoms with van der Waals surface area (Å²) in [6, 6.07) is 10.1. The predicted molar refractivity (Wildman–Crippen MR) is 83.5 cm³/mol. The first-order valence-corrected chi connectivity index (χ1v) is 7.13. The highest BCUT2D eigenvalue weighted by atomic mass is 16.5. The topological polar surface area (TPSA) is 85.1 Å². The third kappa shape index (κ3) is 2.99. The van der Waals surface area contributed by atoms with Crippen LogP contribution >= 0.6 is 0 Å². The van der Waals surface area contributed by atoms with E-state index in [9.17, 15) is 0 Å². The molecule has 1 aliphatic heterocycles. The van der Waals surface area contributed by atoms with Crippen LogP contribution in [0.2, 0.25) is 0 Å². The van der Waals surface area contributed by atoms with Crippen molar-refractivity contribution in [3.05, 3.63) is 35.9 Å². The predicted octanol–water partition coefficient (Wildman–Crippen LogP) is 2.43. The van der Waals surface area contributed by atoms with Gasteiger partial charge < -0.3 is 21.1 Å². The minimum atomic E-state index is 0.165. The van der Waals surface area contributed by atoms with Gasteiger partial charge >= 0.3 is 0 Å². The summed E-state index contributed by atoms with van der Waals surface area (Å²) in [5.41, 5.74) is 6.91. The molecule has 2 heterocycles. The molecule has 0 aliphatic carbocycles. The van der Waals surface area contributed by atoms with Gasteiger partial charge in [0.1, 0.15) is 17.4 Å². The maximum Gasteiger partial charge on any atom is 0.223 e. The van der Waals surface area contributed by atoms with Gasteiger partial charge in [-0.05, 0) is 13.0 Å². The summed E-state index contributed by atoms with van der Waals surface area (Å²) in [4.78, 5) is 8.41. The molecule has 6 nitrogen and oxygen atoms in total. The van der Waals surface area contributed by atoms with Crippen molar-refractivity contribution in [3.8, 4) is 5.75 Å². The minimum Gasteiger partial charge on any atom is -0.493 e. The van der Waals surface area contributed by atoms with Crippen molar-refractivity contribution in [1.29, 1.82) is 0 Å². The molecule has 0 saturated carbocycles. The van der Waals surface area contributed by atoms with Gasteiger partial charge in [-0.15, -0.1) is 0 Å². The molecule has 110 valence electrons. The fourth-order valence-corrected chi connectivity index (χ4v) is 2.48. The van der Waals surface area contributed by atoms with Crippen LogP contribution in [-0.4, -0.2) is 23.1 Å². The van der Waals surface area contributed by atoms with Gasteiger partial charge in [0.2, 0.25) is 5.95 Å². The largest absolute Gasteiger partial charge is 0.493 e. The van der Waals surface area contributed by atoms with E-state index >= 15 is 0 Å². The van der Waals surface area contributed by atoms with Gasteiger partial charge in [0.25, 0.3) is 0 Å². The van der Waals surface area contributed by atoms with Crippen LogP contribution < -0.4 is 21.1 Å². The highest BCUT2D eigenvalue weighted by Gasteiger charge is 2.21. The number of nitrogens with one attached hydrogen (secondary N) is 2. The Morgan fingerprint density at radius 2 is 2.10 bits per heavy atom. The van der Waals surface area contributed by atoms with E-state index in [0.29, 0.717) is 6.61 Å². The average Bonchev–Trinajstić information content (AvgIpc) is 2.47. The molecule has 1 unspecified atom stereocenters. The van der Waals surface area contributed by atoms with Crippen LogP contribution in [0.5, 0.6) is 5.75 Å². The van der Waals surface area contributed by atoms with Gasteiger partial charge in [-0.25, -0.2) is 0 Å². The summed E-state index contributed by atoms with van der Waals surface area (Å²) in [7, 11) is 0. The van der Waals surface area contributed by atoms with Crippen LogP contribution in [0.15, 0.2) is 30.3 Å². The molecule has 0 radical (unpaired) electrons.